The molecule has 1 aliphatic heterocycles. The standard InChI is InChI=1S/C22H23ClN4O4S/c1-2-31-20-10-9-17(13-21(20)32(29,30)26-11-5-6-12-26)25-22(28)16-14-24-27(15-16)19-8-4-3-7-18(19)23/h3-4,7-10,13-15H,2,5-6,11-12H2,1H3,(H,25,28). The molecule has 1 saturated heterocycles. The molecule has 0 aliphatic carbocycles. The van der Waals surface area contributed by atoms with E-state index >= 15 is 0 Å². The van der Waals surface area contributed by atoms with Gasteiger partial charge >= 0.3 is 0 Å². The molecule has 2 heterocycles. The number of amides is 1. The van der Waals surface area contributed by atoms with Crippen molar-refractivity contribution in [2.24, 2.45) is 0 Å². The number of rotatable bonds is 7. The first-order valence-electron chi connectivity index (χ1n) is 10.3. The van der Waals surface area contributed by atoms with Gasteiger partial charge in [0.1, 0.15) is 10.6 Å². The fourth-order valence-corrected chi connectivity index (χ4v) is 5.44. The molecule has 3 aromatic rings. The van der Waals surface area contributed by atoms with Crippen molar-refractivity contribution in [1.29, 1.82) is 0 Å². The van der Waals surface area contributed by atoms with Crippen molar-refractivity contribution in [3.63, 3.8) is 0 Å². The van der Waals surface area contributed by atoms with Gasteiger partial charge in [-0.3, -0.25) is 4.79 Å². The Kier molecular flexibility index (Phi) is 6.50. The number of hydrogen-bond acceptors (Lipinski definition) is 5. The molecule has 0 bridgehead atoms. The second-order valence-electron chi connectivity index (χ2n) is 7.28. The van der Waals surface area contributed by atoms with Crippen LogP contribution in [0, 0.1) is 0 Å². The predicted octanol–water partition coefficient (Wildman–Crippen LogP) is 3.96. The average molecular weight is 475 g/mol. The van der Waals surface area contributed by atoms with Crippen LogP contribution in [-0.2, 0) is 10.0 Å². The maximum Gasteiger partial charge on any atom is 0.258 e. The van der Waals surface area contributed by atoms with E-state index in [0.29, 0.717) is 41.7 Å². The van der Waals surface area contributed by atoms with Crippen LogP contribution in [-0.4, -0.2) is 48.1 Å². The molecule has 1 aliphatic rings. The summed E-state index contributed by atoms with van der Waals surface area (Å²) in [6.45, 7) is 3.07. The molecule has 32 heavy (non-hydrogen) atoms. The van der Waals surface area contributed by atoms with Crippen molar-refractivity contribution in [2.75, 3.05) is 25.0 Å². The smallest absolute Gasteiger partial charge is 0.258 e. The summed E-state index contributed by atoms with van der Waals surface area (Å²) >= 11 is 6.20. The third-order valence-electron chi connectivity index (χ3n) is 5.13. The largest absolute Gasteiger partial charge is 0.492 e. The molecule has 10 heteroatoms. The Morgan fingerprint density at radius 1 is 1.19 bits per heavy atom. The van der Waals surface area contributed by atoms with Gasteiger partial charge in [-0.2, -0.15) is 9.40 Å². The molecule has 4 rings (SSSR count). The van der Waals surface area contributed by atoms with E-state index in [4.69, 9.17) is 16.3 Å². The lowest BCUT2D eigenvalue weighted by molar-refractivity contribution is 0.102. The highest BCUT2D eigenvalue weighted by Gasteiger charge is 2.30. The van der Waals surface area contributed by atoms with E-state index in [0.717, 1.165) is 12.8 Å². The van der Waals surface area contributed by atoms with Gasteiger partial charge in [-0.1, -0.05) is 23.7 Å². The third-order valence-corrected chi connectivity index (χ3v) is 7.37. The number of carbonyl (C=O) groups excluding carboxylic acids is 1. The van der Waals surface area contributed by atoms with E-state index in [1.807, 2.05) is 12.1 Å². The van der Waals surface area contributed by atoms with E-state index in [1.54, 1.807) is 37.4 Å². The molecular formula is C22H23ClN4O4S. The Morgan fingerprint density at radius 2 is 1.94 bits per heavy atom. The van der Waals surface area contributed by atoms with Gasteiger partial charge in [-0.15, -0.1) is 0 Å². The predicted molar refractivity (Wildman–Crippen MR) is 122 cm³/mol. The van der Waals surface area contributed by atoms with E-state index in [2.05, 4.69) is 10.4 Å². The van der Waals surface area contributed by atoms with Gasteiger partial charge in [0.25, 0.3) is 5.91 Å². The summed E-state index contributed by atoms with van der Waals surface area (Å²) in [5, 5.41) is 7.46. The van der Waals surface area contributed by atoms with Crippen LogP contribution in [0.4, 0.5) is 5.69 Å². The number of carbonyl (C=O) groups is 1. The molecule has 8 nitrogen and oxygen atoms in total. The highest BCUT2D eigenvalue weighted by atomic mass is 35.5. The minimum Gasteiger partial charge on any atom is -0.492 e. The van der Waals surface area contributed by atoms with Crippen LogP contribution >= 0.6 is 11.6 Å². The summed E-state index contributed by atoms with van der Waals surface area (Å²) in [4.78, 5) is 12.8. The van der Waals surface area contributed by atoms with Crippen LogP contribution in [0.2, 0.25) is 5.02 Å². The van der Waals surface area contributed by atoms with Gasteiger partial charge in [-0.05, 0) is 50.1 Å². The van der Waals surface area contributed by atoms with E-state index in [9.17, 15) is 13.2 Å². The highest BCUT2D eigenvalue weighted by Crippen LogP contribution is 2.32. The Labute approximate surface area is 191 Å². The molecule has 0 saturated carbocycles. The van der Waals surface area contributed by atoms with Gasteiger partial charge in [0.05, 0.1) is 29.1 Å². The number of nitrogens with one attached hydrogen (secondary N) is 1. The van der Waals surface area contributed by atoms with Gasteiger partial charge < -0.3 is 10.1 Å². The Morgan fingerprint density at radius 3 is 2.66 bits per heavy atom. The first-order chi connectivity index (χ1) is 15.4. The number of aromatic nitrogens is 2. The molecule has 1 fully saturated rings. The second-order valence-corrected chi connectivity index (χ2v) is 9.60. The first-order valence-corrected chi connectivity index (χ1v) is 12.1. The molecule has 0 spiro atoms. The lowest BCUT2D eigenvalue weighted by atomic mass is 10.2. The molecular weight excluding hydrogens is 452 g/mol. The zero-order valence-corrected chi connectivity index (χ0v) is 19.1. The quantitative estimate of drug-likeness (QED) is 0.559. The van der Waals surface area contributed by atoms with Crippen LogP contribution in [0.15, 0.2) is 59.8 Å². The lowest BCUT2D eigenvalue weighted by Crippen LogP contribution is -2.28. The summed E-state index contributed by atoms with van der Waals surface area (Å²) in [6.07, 6.45) is 4.65. The van der Waals surface area contributed by atoms with E-state index in [1.165, 1.54) is 21.3 Å². The first kappa shape index (κ1) is 22.3. The molecule has 168 valence electrons. The van der Waals surface area contributed by atoms with Crippen LogP contribution in [0.3, 0.4) is 0 Å². The number of halogens is 1. The summed E-state index contributed by atoms with van der Waals surface area (Å²) < 4.78 is 34.8. The van der Waals surface area contributed by atoms with Gasteiger partial charge in [-0.25, -0.2) is 13.1 Å². The minimum atomic E-state index is -3.73. The molecule has 0 unspecified atom stereocenters. The van der Waals surface area contributed by atoms with Crippen molar-refractivity contribution in [3.8, 4) is 11.4 Å². The van der Waals surface area contributed by atoms with Crippen molar-refractivity contribution in [1.82, 2.24) is 14.1 Å². The van der Waals surface area contributed by atoms with E-state index in [-0.39, 0.29) is 10.6 Å². The maximum absolute atomic E-state index is 13.1. The number of benzene rings is 2. The van der Waals surface area contributed by atoms with Gasteiger partial charge in [0, 0.05) is 25.0 Å². The third kappa shape index (κ3) is 4.50. The van der Waals surface area contributed by atoms with Gasteiger partial charge in [0.2, 0.25) is 10.0 Å². The van der Waals surface area contributed by atoms with Gasteiger partial charge in [0.15, 0.2) is 0 Å². The highest BCUT2D eigenvalue weighted by molar-refractivity contribution is 7.89. The lowest BCUT2D eigenvalue weighted by Gasteiger charge is -2.19. The summed E-state index contributed by atoms with van der Waals surface area (Å²) in [5.74, 6) is -0.152. The van der Waals surface area contributed by atoms with Crippen molar-refractivity contribution < 1.29 is 17.9 Å². The van der Waals surface area contributed by atoms with Crippen LogP contribution in [0.25, 0.3) is 5.69 Å². The summed E-state index contributed by atoms with van der Waals surface area (Å²) in [5.41, 5.74) is 1.30. The second kappa shape index (κ2) is 9.32. The average Bonchev–Trinajstić information content (AvgIpc) is 3.48. The Balaban J connectivity index is 1.59. The van der Waals surface area contributed by atoms with Crippen LogP contribution in [0.5, 0.6) is 5.75 Å². The normalized spacial score (nSPS) is 14.4. The molecule has 0 atom stereocenters. The molecule has 1 amide bonds. The summed E-state index contributed by atoms with van der Waals surface area (Å²) in [6, 6.07) is 11.8. The SMILES string of the molecule is CCOc1ccc(NC(=O)c2cnn(-c3ccccc3Cl)c2)cc1S(=O)(=O)N1CCCC1. The van der Waals surface area contributed by atoms with Crippen LogP contribution in [0.1, 0.15) is 30.1 Å². The van der Waals surface area contributed by atoms with Crippen molar-refractivity contribution >= 4 is 33.2 Å². The number of ether oxygens (including phenoxy) is 1. The fourth-order valence-electron chi connectivity index (χ4n) is 3.54. The minimum absolute atomic E-state index is 0.0470. The molecule has 0 radical (unpaired) electrons. The number of nitrogens with zero attached hydrogens (tertiary/aromatic N) is 3. The molecule has 1 N–H and O–H groups in total. The van der Waals surface area contributed by atoms with E-state index < -0.39 is 15.9 Å². The number of para-hydroxylation sites is 1. The maximum atomic E-state index is 13.1. The van der Waals surface area contributed by atoms with Crippen molar-refractivity contribution in [3.05, 3.63) is 65.4 Å². The fraction of sp³-hybridized carbons (Fsp3) is 0.273. The zero-order valence-electron chi connectivity index (χ0n) is 17.5. The van der Waals surface area contributed by atoms with Crippen molar-refractivity contribution in [2.45, 2.75) is 24.7 Å². The monoisotopic (exact) mass is 474 g/mol. The topological polar surface area (TPSA) is 93.5 Å². The zero-order chi connectivity index (χ0) is 22.7. The number of hydrogen-bond donors (Lipinski definition) is 1. The Bertz CT molecular complexity index is 1240. The molecule has 2 aromatic carbocycles. The Hall–Kier alpha value is -2.88. The molecule has 1 aromatic heterocycles. The van der Waals surface area contributed by atoms with Crippen LogP contribution < -0.4 is 10.1 Å². The number of anilines is 1. The number of sulfonamides is 1. The summed E-state index contributed by atoms with van der Waals surface area (Å²) in [7, 11) is -3.73.